The number of hydrogen-bond donors (Lipinski definition) is 1. The van der Waals surface area contributed by atoms with Crippen LogP contribution in [0.4, 0.5) is 0 Å². The largest absolute Gasteiger partial charge is 0.454 e. The molecule has 0 bridgehead atoms. The summed E-state index contributed by atoms with van der Waals surface area (Å²) in [5.74, 6) is 0. The van der Waals surface area contributed by atoms with Crippen LogP contribution in [0.25, 0.3) is 0 Å². The van der Waals surface area contributed by atoms with Gasteiger partial charge in [0, 0.05) is 5.57 Å². The van der Waals surface area contributed by atoms with Gasteiger partial charge in [0.1, 0.15) is 5.66 Å². The van der Waals surface area contributed by atoms with E-state index in [0.717, 1.165) is 5.57 Å². The molecule has 0 fully saturated rings. The third kappa shape index (κ3) is 1.04. The molecule has 1 atom stereocenters. The maximum atomic E-state index is 4.89. The summed E-state index contributed by atoms with van der Waals surface area (Å²) in [6.45, 7) is 3.98. The average molecular weight is 140 g/mol. The van der Waals surface area contributed by atoms with Crippen LogP contribution < -0.4 is 5.32 Å². The molecule has 0 aromatic rings. The average Bonchev–Trinajstić information content (AvgIpc) is 1.96. The Morgan fingerprint density at radius 3 is 2.80 bits per heavy atom. The predicted molar refractivity (Wildman–Crippen MR) is 40.8 cm³/mol. The first-order valence-corrected chi connectivity index (χ1v) is 3.24. The molecule has 3 heteroatoms. The number of hydrogen-bond acceptors (Lipinski definition) is 3. The summed E-state index contributed by atoms with van der Waals surface area (Å²) < 4.78 is 4.89. The summed E-state index contributed by atoms with van der Waals surface area (Å²) in [7, 11) is 1.88. The minimum atomic E-state index is -0.266. The zero-order valence-corrected chi connectivity index (χ0v) is 6.51. The van der Waals surface area contributed by atoms with E-state index in [1.165, 1.54) is 6.40 Å². The van der Waals surface area contributed by atoms with Crippen LogP contribution in [0.1, 0.15) is 13.8 Å². The lowest BCUT2D eigenvalue weighted by Crippen LogP contribution is -2.40. The Morgan fingerprint density at radius 2 is 2.40 bits per heavy atom. The van der Waals surface area contributed by atoms with Crippen molar-refractivity contribution in [3.63, 3.8) is 0 Å². The number of nitrogens with one attached hydrogen (secondary N) is 1. The van der Waals surface area contributed by atoms with Gasteiger partial charge in [0.15, 0.2) is 6.40 Å². The third-order valence-electron chi connectivity index (χ3n) is 1.87. The van der Waals surface area contributed by atoms with E-state index < -0.39 is 0 Å². The summed E-state index contributed by atoms with van der Waals surface area (Å²) in [6.07, 6.45) is 3.15. The summed E-state index contributed by atoms with van der Waals surface area (Å²) in [5, 5.41) is 3.08. The second-order valence-corrected chi connectivity index (χ2v) is 2.49. The van der Waals surface area contributed by atoms with E-state index in [1.54, 1.807) is 6.26 Å². The van der Waals surface area contributed by atoms with E-state index in [2.05, 4.69) is 10.3 Å². The second-order valence-electron chi connectivity index (χ2n) is 2.49. The number of rotatable bonds is 1. The van der Waals surface area contributed by atoms with E-state index in [0.29, 0.717) is 0 Å². The molecule has 0 aromatic heterocycles. The van der Waals surface area contributed by atoms with Crippen molar-refractivity contribution in [2.45, 2.75) is 19.5 Å². The fourth-order valence-corrected chi connectivity index (χ4v) is 0.747. The van der Waals surface area contributed by atoms with Crippen LogP contribution in [0.2, 0.25) is 0 Å². The lowest BCUT2D eigenvalue weighted by atomic mass is 10.1. The normalized spacial score (nSPS) is 31.3. The second kappa shape index (κ2) is 2.42. The maximum Gasteiger partial charge on any atom is 0.177 e. The van der Waals surface area contributed by atoms with Crippen LogP contribution in [0, 0.1) is 0 Å². The molecular weight excluding hydrogens is 128 g/mol. The fourth-order valence-electron chi connectivity index (χ4n) is 0.747. The molecule has 1 heterocycles. The maximum absolute atomic E-state index is 4.89. The van der Waals surface area contributed by atoms with Crippen molar-refractivity contribution in [2.75, 3.05) is 7.05 Å². The van der Waals surface area contributed by atoms with E-state index in [1.807, 2.05) is 20.9 Å². The van der Waals surface area contributed by atoms with Crippen molar-refractivity contribution >= 4 is 6.40 Å². The van der Waals surface area contributed by atoms with Crippen molar-refractivity contribution in [3.05, 3.63) is 11.8 Å². The van der Waals surface area contributed by atoms with Crippen molar-refractivity contribution in [1.82, 2.24) is 5.32 Å². The summed E-state index contributed by atoms with van der Waals surface area (Å²) >= 11 is 0. The minimum absolute atomic E-state index is 0.266. The molecule has 1 rings (SSSR count). The van der Waals surface area contributed by atoms with Crippen LogP contribution in [0.3, 0.4) is 0 Å². The Bertz CT molecular complexity index is 186. The molecule has 10 heavy (non-hydrogen) atoms. The first-order chi connectivity index (χ1) is 4.69. The van der Waals surface area contributed by atoms with Gasteiger partial charge in [-0.1, -0.05) is 0 Å². The van der Waals surface area contributed by atoms with Gasteiger partial charge < -0.3 is 4.74 Å². The smallest absolute Gasteiger partial charge is 0.177 e. The van der Waals surface area contributed by atoms with Crippen LogP contribution in [-0.4, -0.2) is 19.1 Å². The monoisotopic (exact) mass is 140 g/mol. The standard InChI is InChI=1S/C7H12N2O/c1-6-4-10-5-9-7(6,2)8-3/h4-5,8H,1-3H3. The molecule has 0 spiro atoms. The third-order valence-corrected chi connectivity index (χ3v) is 1.87. The van der Waals surface area contributed by atoms with E-state index >= 15 is 0 Å². The number of aliphatic imine (C=N–C) groups is 1. The van der Waals surface area contributed by atoms with Crippen molar-refractivity contribution < 1.29 is 4.74 Å². The topological polar surface area (TPSA) is 33.6 Å². The lowest BCUT2D eigenvalue weighted by molar-refractivity contribution is 0.387. The van der Waals surface area contributed by atoms with Gasteiger partial charge in [0.05, 0.1) is 6.26 Å². The highest BCUT2D eigenvalue weighted by Gasteiger charge is 2.24. The van der Waals surface area contributed by atoms with Gasteiger partial charge in [0.25, 0.3) is 0 Å². The van der Waals surface area contributed by atoms with Gasteiger partial charge in [-0.05, 0) is 20.9 Å². The summed E-state index contributed by atoms with van der Waals surface area (Å²) in [4.78, 5) is 4.13. The van der Waals surface area contributed by atoms with E-state index in [9.17, 15) is 0 Å². The zero-order chi connectivity index (χ0) is 7.61. The van der Waals surface area contributed by atoms with E-state index in [4.69, 9.17) is 4.74 Å². The minimum Gasteiger partial charge on any atom is -0.454 e. The Hall–Kier alpha value is -0.830. The number of nitrogens with zero attached hydrogens (tertiary/aromatic N) is 1. The van der Waals surface area contributed by atoms with Gasteiger partial charge >= 0.3 is 0 Å². The number of ether oxygens (including phenoxy) is 1. The molecule has 0 radical (unpaired) electrons. The molecule has 1 aliphatic heterocycles. The van der Waals surface area contributed by atoms with Gasteiger partial charge in [-0.15, -0.1) is 0 Å². The predicted octanol–water partition coefficient (Wildman–Crippen LogP) is 0.884. The highest BCUT2D eigenvalue weighted by molar-refractivity contribution is 5.51. The number of likely N-dealkylation sites (N-methyl/N-ethyl adjacent to an activating group) is 1. The Morgan fingerprint density at radius 1 is 1.70 bits per heavy atom. The molecule has 1 aliphatic rings. The van der Waals surface area contributed by atoms with E-state index in [-0.39, 0.29) is 5.66 Å². The molecule has 0 saturated heterocycles. The Kier molecular flexibility index (Phi) is 1.76. The highest BCUT2D eigenvalue weighted by Crippen LogP contribution is 2.18. The molecule has 0 amide bonds. The summed E-state index contributed by atoms with van der Waals surface area (Å²) in [6, 6.07) is 0. The SMILES string of the molecule is CNC1(C)N=COC=C1C. The van der Waals surface area contributed by atoms with Gasteiger partial charge in [-0.25, -0.2) is 4.99 Å². The molecule has 0 aromatic carbocycles. The van der Waals surface area contributed by atoms with Crippen LogP contribution in [-0.2, 0) is 4.74 Å². The van der Waals surface area contributed by atoms with Gasteiger partial charge in [-0.3, -0.25) is 5.32 Å². The quantitative estimate of drug-likeness (QED) is 0.586. The molecule has 0 aliphatic carbocycles. The van der Waals surface area contributed by atoms with Gasteiger partial charge in [0.2, 0.25) is 0 Å². The molecule has 56 valence electrons. The Balaban J connectivity index is 2.83. The Labute approximate surface area is 60.8 Å². The first-order valence-electron chi connectivity index (χ1n) is 3.24. The van der Waals surface area contributed by atoms with Crippen LogP contribution in [0.5, 0.6) is 0 Å². The molecule has 1 unspecified atom stereocenters. The molecular formula is C7H12N2O. The summed E-state index contributed by atoms with van der Waals surface area (Å²) in [5.41, 5.74) is 0.815. The molecule has 3 nitrogen and oxygen atoms in total. The fraction of sp³-hybridized carbons (Fsp3) is 0.571. The zero-order valence-electron chi connectivity index (χ0n) is 6.51. The molecule has 1 N–H and O–H groups in total. The first kappa shape index (κ1) is 7.28. The highest BCUT2D eigenvalue weighted by atomic mass is 16.5. The lowest BCUT2D eigenvalue weighted by Gasteiger charge is -2.27. The molecule has 0 saturated carbocycles. The van der Waals surface area contributed by atoms with Crippen LogP contribution in [0.15, 0.2) is 16.8 Å². The van der Waals surface area contributed by atoms with Crippen LogP contribution >= 0.6 is 0 Å². The van der Waals surface area contributed by atoms with Crippen molar-refractivity contribution in [1.29, 1.82) is 0 Å². The van der Waals surface area contributed by atoms with Crippen molar-refractivity contribution in [2.24, 2.45) is 4.99 Å². The van der Waals surface area contributed by atoms with Gasteiger partial charge in [-0.2, -0.15) is 0 Å². The van der Waals surface area contributed by atoms with Crippen molar-refractivity contribution in [3.8, 4) is 0 Å².